The topological polar surface area (TPSA) is 67.7 Å². The fourth-order valence-electron chi connectivity index (χ4n) is 3.48. The average Bonchev–Trinajstić information content (AvgIpc) is 3.21. The second-order valence-electron chi connectivity index (χ2n) is 7.47. The first-order valence-corrected chi connectivity index (χ1v) is 10.6. The number of rotatable bonds is 9. The summed E-state index contributed by atoms with van der Waals surface area (Å²) in [5, 5.41) is 6.87. The van der Waals surface area contributed by atoms with E-state index in [2.05, 4.69) is 64.8 Å². The minimum Gasteiger partial charge on any atom is -0.385 e. The Kier molecular flexibility index (Phi) is 6.23. The number of nitrogens with zero attached hydrogens (tertiary/aromatic N) is 4. The van der Waals surface area contributed by atoms with Gasteiger partial charge in [0.15, 0.2) is 0 Å². The van der Waals surface area contributed by atoms with Crippen molar-refractivity contribution in [2.75, 3.05) is 17.2 Å². The first-order valence-electron chi connectivity index (χ1n) is 10.6. The third-order valence-corrected chi connectivity index (χ3v) is 5.19. The van der Waals surface area contributed by atoms with Crippen molar-refractivity contribution in [2.45, 2.75) is 39.2 Å². The van der Waals surface area contributed by atoms with Gasteiger partial charge in [0.05, 0.1) is 17.1 Å². The average molecular weight is 401 g/mol. The van der Waals surface area contributed by atoms with Crippen molar-refractivity contribution in [3.8, 4) is 5.82 Å². The number of hydrogen-bond acceptors (Lipinski definition) is 5. The molecule has 4 rings (SSSR count). The Hall–Kier alpha value is -3.41. The third kappa shape index (κ3) is 4.59. The fraction of sp³-hybridized carbons (Fsp3) is 0.292. The van der Waals surface area contributed by atoms with Gasteiger partial charge in [-0.3, -0.25) is 4.57 Å². The Labute approximate surface area is 177 Å². The first-order chi connectivity index (χ1) is 14.7. The van der Waals surface area contributed by atoms with Gasteiger partial charge in [-0.05, 0) is 43.2 Å². The van der Waals surface area contributed by atoms with E-state index in [1.165, 1.54) is 24.8 Å². The molecule has 2 aromatic carbocycles. The molecular weight excluding hydrogens is 372 g/mol. The monoisotopic (exact) mass is 400 g/mol. The van der Waals surface area contributed by atoms with Gasteiger partial charge in [0.25, 0.3) is 0 Å². The van der Waals surface area contributed by atoms with Gasteiger partial charge in [-0.1, -0.05) is 50.1 Å². The molecule has 0 radical (unpaired) electrons. The number of anilines is 2. The minimum absolute atomic E-state index is 0.113. The van der Waals surface area contributed by atoms with Crippen molar-refractivity contribution in [2.24, 2.45) is 0 Å². The van der Waals surface area contributed by atoms with Gasteiger partial charge in [-0.15, -0.1) is 0 Å². The van der Waals surface area contributed by atoms with E-state index in [9.17, 15) is 0 Å². The maximum atomic E-state index is 4.71. The molecule has 0 aliphatic carbocycles. The highest BCUT2D eigenvalue weighted by Gasteiger charge is 2.10. The van der Waals surface area contributed by atoms with Gasteiger partial charge in [0.1, 0.15) is 12.1 Å². The van der Waals surface area contributed by atoms with E-state index in [0.717, 1.165) is 29.1 Å². The van der Waals surface area contributed by atoms with Gasteiger partial charge < -0.3 is 10.6 Å². The van der Waals surface area contributed by atoms with E-state index in [1.54, 1.807) is 6.20 Å². The number of aromatic nitrogens is 4. The van der Waals surface area contributed by atoms with E-state index in [1.807, 2.05) is 35.2 Å². The van der Waals surface area contributed by atoms with E-state index < -0.39 is 0 Å². The molecule has 0 aliphatic heterocycles. The molecule has 0 bridgehead atoms. The SMILES string of the molecule is CCCCCNc1ccc2c(c1)ncn2-c1ccnc(NC(C)c2ccccc2)n1. The number of fused-ring (bicyclic) bond motifs is 1. The molecular formula is C24H28N6. The zero-order chi connectivity index (χ0) is 20.8. The van der Waals surface area contributed by atoms with Gasteiger partial charge in [-0.25, -0.2) is 9.97 Å². The number of nitrogens with one attached hydrogen (secondary N) is 2. The molecule has 0 aliphatic rings. The standard InChI is InChI=1S/C24H28N6/c1-3-4-8-14-25-20-11-12-22-21(16-20)27-17-30(22)23-13-15-26-24(29-23)28-18(2)19-9-6-5-7-10-19/h5-7,9-13,15-18,25H,3-4,8,14H2,1-2H3,(H,26,28,29). The Morgan fingerprint density at radius 3 is 2.70 bits per heavy atom. The molecule has 1 atom stereocenters. The summed E-state index contributed by atoms with van der Waals surface area (Å²) in [5.41, 5.74) is 4.26. The number of benzene rings is 2. The molecule has 2 N–H and O–H groups in total. The van der Waals surface area contributed by atoms with Crippen LogP contribution in [0.3, 0.4) is 0 Å². The van der Waals surface area contributed by atoms with Crippen LogP contribution in [0.25, 0.3) is 16.9 Å². The second-order valence-corrected chi connectivity index (χ2v) is 7.47. The molecule has 6 heteroatoms. The Morgan fingerprint density at radius 2 is 1.87 bits per heavy atom. The molecule has 154 valence electrons. The lowest BCUT2D eigenvalue weighted by atomic mass is 10.1. The van der Waals surface area contributed by atoms with Crippen molar-refractivity contribution in [3.05, 3.63) is 72.7 Å². The number of unbranched alkanes of at least 4 members (excludes halogenated alkanes) is 2. The molecule has 6 nitrogen and oxygen atoms in total. The molecule has 0 amide bonds. The molecule has 1 unspecified atom stereocenters. The van der Waals surface area contributed by atoms with Crippen LogP contribution in [0.1, 0.15) is 44.7 Å². The van der Waals surface area contributed by atoms with Gasteiger partial charge >= 0.3 is 0 Å². The van der Waals surface area contributed by atoms with Crippen molar-refractivity contribution in [1.82, 2.24) is 19.5 Å². The zero-order valence-corrected chi connectivity index (χ0v) is 17.5. The summed E-state index contributed by atoms with van der Waals surface area (Å²) in [4.78, 5) is 13.7. The summed E-state index contributed by atoms with van der Waals surface area (Å²) in [6.07, 6.45) is 7.25. The highest BCUT2D eigenvalue weighted by atomic mass is 15.2. The van der Waals surface area contributed by atoms with Crippen LogP contribution in [0.5, 0.6) is 0 Å². The van der Waals surface area contributed by atoms with Crippen LogP contribution in [0.15, 0.2) is 67.1 Å². The van der Waals surface area contributed by atoms with Crippen LogP contribution in [0.4, 0.5) is 11.6 Å². The summed E-state index contributed by atoms with van der Waals surface area (Å²) < 4.78 is 2.00. The maximum absolute atomic E-state index is 4.71. The lowest BCUT2D eigenvalue weighted by Crippen LogP contribution is -2.10. The van der Waals surface area contributed by atoms with E-state index in [0.29, 0.717) is 5.95 Å². The predicted octanol–water partition coefficient (Wildman–Crippen LogP) is 5.59. The van der Waals surface area contributed by atoms with Crippen LogP contribution >= 0.6 is 0 Å². The van der Waals surface area contributed by atoms with Crippen LogP contribution in [0, 0.1) is 0 Å². The zero-order valence-electron chi connectivity index (χ0n) is 17.5. The summed E-state index contributed by atoms with van der Waals surface area (Å²) in [7, 11) is 0. The smallest absolute Gasteiger partial charge is 0.225 e. The van der Waals surface area contributed by atoms with Gasteiger partial charge in [0, 0.05) is 18.4 Å². The molecule has 30 heavy (non-hydrogen) atoms. The fourth-order valence-corrected chi connectivity index (χ4v) is 3.48. The van der Waals surface area contributed by atoms with Crippen LogP contribution in [-0.2, 0) is 0 Å². The number of imidazole rings is 1. The lowest BCUT2D eigenvalue weighted by Gasteiger charge is -2.14. The summed E-state index contributed by atoms with van der Waals surface area (Å²) in [5.74, 6) is 1.39. The highest BCUT2D eigenvalue weighted by Crippen LogP contribution is 2.22. The van der Waals surface area contributed by atoms with Crippen molar-refractivity contribution < 1.29 is 0 Å². The van der Waals surface area contributed by atoms with Crippen LogP contribution < -0.4 is 10.6 Å². The number of hydrogen-bond donors (Lipinski definition) is 2. The third-order valence-electron chi connectivity index (χ3n) is 5.19. The summed E-state index contributed by atoms with van der Waals surface area (Å²) in [6, 6.07) is 18.6. The van der Waals surface area contributed by atoms with Gasteiger partial charge in [-0.2, -0.15) is 4.98 Å². The normalized spacial score (nSPS) is 12.1. The minimum atomic E-state index is 0.113. The molecule has 0 fully saturated rings. The Balaban J connectivity index is 1.52. The maximum Gasteiger partial charge on any atom is 0.225 e. The van der Waals surface area contributed by atoms with Crippen molar-refractivity contribution in [3.63, 3.8) is 0 Å². The molecule has 0 saturated heterocycles. The van der Waals surface area contributed by atoms with Gasteiger partial charge in [0.2, 0.25) is 5.95 Å². The summed E-state index contributed by atoms with van der Waals surface area (Å²) in [6.45, 7) is 5.31. The van der Waals surface area contributed by atoms with Crippen molar-refractivity contribution in [1.29, 1.82) is 0 Å². The quantitative estimate of drug-likeness (QED) is 0.358. The van der Waals surface area contributed by atoms with E-state index in [-0.39, 0.29) is 6.04 Å². The first kappa shape index (κ1) is 19.9. The molecule has 0 spiro atoms. The largest absolute Gasteiger partial charge is 0.385 e. The van der Waals surface area contributed by atoms with E-state index in [4.69, 9.17) is 4.98 Å². The lowest BCUT2D eigenvalue weighted by molar-refractivity contribution is 0.744. The Morgan fingerprint density at radius 1 is 1.00 bits per heavy atom. The molecule has 4 aromatic rings. The van der Waals surface area contributed by atoms with Crippen molar-refractivity contribution >= 4 is 22.7 Å². The van der Waals surface area contributed by atoms with E-state index >= 15 is 0 Å². The van der Waals surface area contributed by atoms with Crippen LogP contribution in [0.2, 0.25) is 0 Å². The molecule has 2 heterocycles. The second kappa shape index (κ2) is 9.39. The summed E-state index contributed by atoms with van der Waals surface area (Å²) >= 11 is 0. The Bertz CT molecular complexity index is 1090. The molecule has 0 saturated carbocycles. The molecule has 2 aromatic heterocycles. The van der Waals surface area contributed by atoms with Crippen LogP contribution in [-0.4, -0.2) is 26.1 Å². The highest BCUT2D eigenvalue weighted by molar-refractivity contribution is 5.81. The predicted molar refractivity (Wildman–Crippen MR) is 123 cm³/mol.